The van der Waals surface area contributed by atoms with Crippen molar-refractivity contribution in [2.45, 2.75) is 0 Å². The average Bonchev–Trinajstić information content (AvgIpc) is 1.90. The first-order valence-electron chi connectivity index (χ1n) is 2.77. The van der Waals surface area contributed by atoms with Gasteiger partial charge in [0.05, 0.1) is 0 Å². The Kier molecular flexibility index (Phi) is 6.51. The maximum Gasteiger partial charge on any atom is 1.00 e. The first-order valence-corrected chi connectivity index (χ1v) is 2.77. The van der Waals surface area contributed by atoms with Gasteiger partial charge in [0.2, 0.25) is 0 Å². The number of hydrogen-bond acceptors (Lipinski definition) is 2. The summed E-state index contributed by atoms with van der Waals surface area (Å²) in [4.78, 5) is 11.6. The van der Waals surface area contributed by atoms with E-state index in [4.69, 9.17) is 0 Å². The Hall–Kier alpha value is 1.07. The summed E-state index contributed by atoms with van der Waals surface area (Å²) in [6.07, 6.45) is 1.85. The molecule has 1 amide bonds. The smallest absolute Gasteiger partial charge is 0.520 e. The van der Waals surface area contributed by atoms with E-state index in [1.54, 1.807) is 4.90 Å². The van der Waals surface area contributed by atoms with Gasteiger partial charge in [-0.3, -0.25) is 0 Å². The Bertz CT molecular complexity index is 83.0. The maximum atomic E-state index is 9.93. The van der Waals surface area contributed by atoms with Gasteiger partial charge in [0.25, 0.3) is 0 Å². The number of rotatable bonds is 1. The van der Waals surface area contributed by atoms with Gasteiger partial charge in [-0.2, -0.15) is 6.41 Å². The fraction of sp³-hybridized carbons (Fsp3) is 0.800. The van der Waals surface area contributed by atoms with Crippen LogP contribution in [-0.4, -0.2) is 37.5 Å². The topological polar surface area (TPSA) is 32.3 Å². The molecule has 0 unspecified atom stereocenters. The number of nitrogens with zero attached hydrogens (tertiary/aromatic N) is 1. The quantitative estimate of drug-likeness (QED) is 0.306. The molecule has 1 saturated heterocycles. The van der Waals surface area contributed by atoms with E-state index in [9.17, 15) is 4.79 Å². The second kappa shape index (κ2) is 5.82. The third kappa shape index (κ3) is 3.70. The molecule has 9 heavy (non-hydrogen) atoms. The zero-order valence-corrected chi connectivity index (χ0v) is 8.81. The molecule has 3 nitrogen and oxygen atoms in total. The Labute approximate surface area is 97.6 Å². The summed E-state index contributed by atoms with van der Waals surface area (Å²) >= 11 is 0. The van der Waals surface area contributed by atoms with Gasteiger partial charge in [-0.15, -0.1) is 0 Å². The molecule has 1 rings (SSSR count). The number of nitrogens with one attached hydrogen (secondary N) is 1. The Morgan fingerprint density at radius 1 is 1.33 bits per heavy atom. The Morgan fingerprint density at radius 2 is 1.89 bits per heavy atom. The molecule has 0 spiro atoms. The molecule has 4 heteroatoms. The van der Waals surface area contributed by atoms with Crippen molar-refractivity contribution >= 4 is 6.41 Å². The van der Waals surface area contributed by atoms with Crippen molar-refractivity contribution in [3.8, 4) is 0 Å². The van der Waals surface area contributed by atoms with Crippen molar-refractivity contribution in [3.05, 3.63) is 0 Å². The minimum atomic E-state index is 0. The van der Waals surface area contributed by atoms with Gasteiger partial charge in [0, 0.05) is 26.2 Å². The molecule has 0 aromatic heterocycles. The van der Waals surface area contributed by atoms with E-state index < -0.39 is 0 Å². The molecule has 1 heterocycles. The van der Waals surface area contributed by atoms with Crippen LogP contribution in [0.3, 0.4) is 0 Å². The largest absolute Gasteiger partial charge is 1.00 e. The van der Waals surface area contributed by atoms with E-state index in [0.717, 1.165) is 26.2 Å². The van der Waals surface area contributed by atoms with E-state index in [0.29, 0.717) is 0 Å². The summed E-state index contributed by atoms with van der Waals surface area (Å²) in [5, 5.41) is 3.13. The zero-order valence-electron chi connectivity index (χ0n) is 5.68. The first kappa shape index (κ1) is 10.1. The van der Waals surface area contributed by atoms with Crippen molar-refractivity contribution in [1.29, 1.82) is 0 Å². The monoisotopic (exact) mass is 152 g/mol. The molecule has 1 aliphatic rings. The molecule has 1 fully saturated rings. The van der Waals surface area contributed by atoms with Crippen LogP contribution in [0.2, 0.25) is 0 Å². The van der Waals surface area contributed by atoms with Crippen LogP contribution in [0, 0.1) is 0 Å². The fourth-order valence-corrected chi connectivity index (χ4v) is 0.756. The Morgan fingerprint density at radius 3 is 2.22 bits per heavy atom. The summed E-state index contributed by atoms with van der Waals surface area (Å²) in [5.41, 5.74) is 0. The summed E-state index contributed by atoms with van der Waals surface area (Å²) in [7, 11) is 0. The van der Waals surface area contributed by atoms with Gasteiger partial charge < -0.3 is 15.0 Å². The molecule has 1 N–H and O–H groups in total. The van der Waals surface area contributed by atoms with Crippen molar-refractivity contribution in [2.75, 3.05) is 26.2 Å². The molecule has 0 radical (unpaired) electrons. The summed E-state index contributed by atoms with van der Waals surface area (Å²) in [6.45, 7) is 3.44. The second-order valence-corrected chi connectivity index (χ2v) is 1.83. The van der Waals surface area contributed by atoms with Gasteiger partial charge >= 0.3 is 51.4 Å². The molecular weight excluding hydrogens is 143 g/mol. The third-order valence-electron chi connectivity index (χ3n) is 1.25. The standard InChI is InChI=1S/C5H9N2O.K/c8-5-7-3-1-6-2-4-7;/h6H,1-4H2;/q-1;+1. The second-order valence-electron chi connectivity index (χ2n) is 1.83. The zero-order chi connectivity index (χ0) is 5.82. The molecule has 0 saturated carbocycles. The van der Waals surface area contributed by atoms with E-state index in [1.807, 2.05) is 6.41 Å². The van der Waals surface area contributed by atoms with E-state index in [2.05, 4.69) is 5.32 Å². The molecule has 0 aromatic carbocycles. The number of amides is 1. The van der Waals surface area contributed by atoms with Crippen LogP contribution in [0.4, 0.5) is 0 Å². The van der Waals surface area contributed by atoms with Crippen molar-refractivity contribution < 1.29 is 56.2 Å². The molecule has 0 bridgehead atoms. The van der Waals surface area contributed by atoms with Crippen LogP contribution < -0.4 is 56.7 Å². The average molecular weight is 152 g/mol. The maximum absolute atomic E-state index is 9.93. The normalized spacial score (nSPS) is 18.4. The van der Waals surface area contributed by atoms with Crippen LogP contribution in [0.25, 0.3) is 0 Å². The number of carbonyl (C=O) groups excluding carboxylic acids is 1. The van der Waals surface area contributed by atoms with E-state index in [-0.39, 0.29) is 51.4 Å². The molecule has 0 aliphatic carbocycles. The summed E-state index contributed by atoms with van der Waals surface area (Å²) in [6, 6.07) is 0. The first-order chi connectivity index (χ1) is 3.93. The summed E-state index contributed by atoms with van der Waals surface area (Å²) in [5.74, 6) is 0. The van der Waals surface area contributed by atoms with Gasteiger partial charge in [0.1, 0.15) is 0 Å². The molecular formula is C5H9KN2O. The third-order valence-corrected chi connectivity index (χ3v) is 1.25. The van der Waals surface area contributed by atoms with Crippen LogP contribution in [0.15, 0.2) is 0 Å². The molecule has 0 aromatic rings. The van der Waals surface area contributed by atoms with Crippen LogP contribution in [-0.2, 0) is 4.79 Å². The van der Waals surface area contributed by atoms with Gasteiger partial charge in [-0.25, -0.2) is 0 Å². The van der Waals surface area contributed by atoms with Crippen LogP contribution in [0.5, 0.6) is 0 Å². The molecule has 46 valence electrons. The fourth-order valence-electron chi connectivity index (χ4n) is 0.756. The van der Waals surface area contributed by atoms with Crippen molar-refractivity contribution in [3.63, 3.8) is 0 Å². The van der Waals surface area contributed by atoms with Gasteiger partial charge in [-0.1, -0.05) is 0 Å². The minimum Gasteiger partial charge on any atom is -0.520 e. The Balaban J connectivity index is 0.000000640. The van der Waals surface area contributed by atoms with Gasteiger partial charge in [0.15, 0.2) is 0 Å². The van der Waals surface area contributed by atoms with Crippen LogP contribution in [0.1, 0.15) is 0 Å². The van der Waals surface area contributed by atoms with E-state index >= 15 is 0 Å². The predicted molar refractivity (Wildman–Crippen MR) is 30.1 cm³/mol. The van der Waals surface area contributed by atoms with Crippen molar-refractivity contribution in [2.24, 2.45) is 0 Å². The SMILES string of the molecule is O=[C-]N1CCNCC1.[K+]. The number of piperazine rings is 1. The number of hydrogen-bond donors (Lipinski definition) is 1. The summed E-state index contributed by atoms with van der Waals surface area (Å²) < 4.78 is 0. The predicted octanol–water partition coefficient (Wildman–Crippen LogP) is -4.04. The van der Waals surface area contributed by atoms with Crippen LogP contribution >= 0.6 is 0 Å². The van der Waals surface area contributed by atoms with E-state index in [1.165, 1.54) is 0 Å². The molecule has 0 atom stereocenters. The minimum absolute atomic E-state index is 0. The van der Waals surface area contributed by atoms with Gasteiger partial charge in [-0.05, 0) is 0 Å². The van der Waals surface area contributed by atoms with Crippen molar-refractivity contribution in [1.82, 2.24) is 10.2 Å². The molecule has 1 aliphatic heterocycles.